The lowest BCUT2D eigenvalue weighted by atomic mass is 10.1. The lowest BCUT2D eigenvalue weighted by Crippen LogP contribution is -2.46. The molecule has 1 N–H and O–H groups in total. The lowest BCUT2D eigenvalue weighted by Gasteiger charge is -2.27. The zero-order valence-corrected chi connectivity index (χ0v) is 14.0. The molecule has 1 aromatic rings. The van der Waals surface area contributed by atoms with Gasteiger partial charge in [-0.05, 0) is 30.7 Å². The van der Waals surface area contributed by atoms with Crippen LogP contribution in [0.4, 0.5) is 0 Å². The van der Waals surface area contributed by atoms with Gasteiger partial charge in [-0.2, -0.15) is 0 Å². The molecular formula is C14H17ClN2O4S. The van der Waals surface area contributed by atoms with Crippen LogP contribution in [0.25, 0.3) is 0 Å². The highest BCUT2D eigenvalue weighted by Gasteiger charge is 2.39. The second kappa shape index (κ2) is 5.89. The summed E-state index contributed by atoms with van der Waals surface area (Å²) in [6.45, 7) is 2.88. The smallest absolute Gasteiger partial charge is 0.245 e. The number of nitrogens with one attached hydrogen (secondary N) is 1. The maximum atomic E-state index is 12.4. The van der Waals surface area contributed by atoms with Crippen LogP contribution in [0, 0.1) is 0 Å². The highest BCUT2D eigenvalue weighted by Crippen LogP contribution is 2.38. The Morgan fingerprint density at radius 2 is 2.05 bits per heavy atom. The number of fused-ring (bicyclic) bond motifs is 1. The molecule has 0 saturated heterocycles. The predicted octanol–water partition coefficient (Wildman–Crippen LogP) is 1.15. The Kier molecular flexibility index (Phi) is 4.49. The summed E-state index contributed by atoms with van der Waals surface area (Å²) >= 11 is 5.94. The third-order valence-corrected chi connectivity index (χ3v) is 5.68. The van der Waals surface area contributed by atoms with E-state index < -0.39 is 21.9 Å². The lowest BCUT2D eigenvalue weighted by molar-refractivity contribution is -0.136. The van der Waals surface area contributed by atoms with Crippen LogP contribution in [0.2, 0.25) is 5.02 Å². The first kappa shape index (κ1) is 16.8. The molecule has 0 spiro atoms. The molecule has 0 aromatic heterocycles. The normalized spacial score (nSPS) is 20.1. The number of benzene rings is 1. The van der Waals surface area contributed by atoms with Crippen LogP contribution in [0.15, 0.2) is 23.1 Å². The van der Waals surface area contributed by atoms with Crippen LogP contribution in [0.5, 0.6) is 0 Å². The van der Waals surface area contributed by atoms with E-state index in [9.17, 15) is 18.0 Å². The Bertz CT molecular complexity index is 732. The molecule has 1 aliphatic heterocycles. The second-order valence-corrected chi connectivity index (χ2v) is 7.79. The number of hydrogen-bond donors (Lipinski definition) is 1. The van der Waals surface area contributed by atoms with E-state index in [4.69, 9.17) is 11.6 Å². The average Bonchev–Trinajstić information content (AvgIpc) is 2.67. The SMILES string of the molecule is CC(=O)NC(C)C(=O)N(C)C1CS(=O)(=O)c2ccc(Cl)cc21. The number of nitrogens with zero attached hydrogens (tertiary/aromatic N) is 1. The minimum atomic E-state index is -3.44. The Morgan fingerprint density at radius 1 is 1.41 bits per heavy atom. The summed E-state index contributed by atoms with van der Waals surface area (Å²) in [6.07, 6.45) is 0. The Hall–Kier alpha value is -1.60. The van der Waals surface area contributed by atoms with Gasteiger partial charge in [0.1, 0.15) is 6.04 Å². The third-order valence-electron chi connectivity index (χ3n) is 3.65. The summed E-state index contributed by atoms with van der Waals surface area (Å²) in [5.41, 5.74) is 0.512. The fourth-order valence-electron chi connectivity index (χ4n) is 2.60. The molecule has 0 saturated carbocycles. The number of amides is 2. The van der Waals surface area contributed by atoms with E-state index in [-0.39, 0.29) is 22.5 Å². The topological polar surface area (TPSA) is 83.6 Å². The molecule has 8 heteroatoms. The molecular weight excluding hydrogens is 328 g/mol. The molecule has 0 fully saturated rings. The molecule has 6 nitrogen and oxygen atoms in total. The van der Waals surface area contributed by atoms with Crippen molar-refractivity contribution in [3.63, 3.8) is 0 Å². The van der Waals surface area contributed by atoms with Gasteiger partial charge in [0.05, 0.1) is 16.7 Å². The molecule has 120 valence electrons. The average molecular weight is 345 g/mol. The molecule has 0 aliphatic carbocycles. The molecule has 1 aliphatic rings. The number of halogens is 1. The van der Waals surface area contributed by atoms with Crippen molar-refractivity contribution in [3.05, 3.63) is 28.8 Å². The van der Waals surface area contributed by atoms with E-state index in [1.807, 2.05) is 0 Å². The zero-order valence-electron chi connectivity index (χ0n) is 12.5. The number of sulfone groups is 1. The highest BCUT2D eigenvalue weighted by molar-refractivity contribution is 7.91. The molecule has 2 atom stereocenters. The van der Waals surface area contributed by atoms with Gasteiger partial charge in [0.25, 0.3) is 0 Å². The van der Waals surface area contributed by atoms with E-state index in [0.717, 1.165) is 0 Å². The summed E-state index contributed by atoms with van der Waals surface area (Å²) in [5, 5.41) is 2.91. The molecule has 2 amide bonds. The van der Waals surface area contributed by atoms with Gasteiger partial charge in [0.2, 0.25) is 11.8 Å². The zero-order chi connectivity index (χ0) is 16.7. The molecule has 2 rings (SSSR count). The van der Waals surface area contributed by atoms with Crippen LogP contribution >= 0.6 is 11.6 Å². The van der Waals surface area contributed by atoms with Crippen LogP contribution in [0.3, 0.4) is 0 Å². The number of carbonyl (C=O) groups is 2. The highest BCUT2D eigenvalue weighted by atomic mass is 35.5. The van der Waals surface area contributed by atoms with Crippen molar-refractivity contribution >= 4 is 33.3 Å². The molecule has 0 radical (unpaired) electrons. The summed E-state index contributed by atoms with van der Waals surface area (Å²) in [4.78, 5) is 25.0. The number of carbonyl (C=O) groups excluding carboxylic acids is 2. The van der Waals surface area contributed by atoms with Crippen LogP contribution < -0.4 is 5.32 Å². The molecule has 1 heterocycles. The fourth-order valence-corrected chi connectivity index (χ4v) is 4.60. The second-order valence-electron chi connectivity index (χ2n) is 5.35. The molecule has 2 unspecified atom stereocenters. The Balaban J connectivity index is 2.33. The monoisotopic (exact) mass is 344 g/mol. The van der Waals surface area contributed by atoms with Gasteiger partial charge in [-0.25, -0.2) is 8.42 Å². The number of rotatable bonds is 3. The summed E-state index contributed by atoms with van der Waals surface area (Å²) in [7, 11) is -1.91. The van der Waals surface area contributed by atoms with Crippen molar-refractivity contribution in [2.75, 3.05) is 12.8 Å². The van der Waals surface area contributed by atoms with Crippen molar-refractivity contribution in [1.82, 2.24) is 10.2 Å². The Labute approximate surface area is 134 Å². The van der Waals surface area contributed by atoms with E-state index >= 15 is 0 Å². The minimum absolute atomic E-state index is 0.183. The van der Waals surface area contributed by atoms with Gasteiger partial charge in [-0.3, -0.25) is 9.59 Å². The van der Waals surface area contributed by atoms with Crippen LogP contribution in [-0.2, 0) is 19.4 Å². The first-order chi connectivity index (χ1) is 10.1. The van der Waals surface area contributed by atoms with Crippen molar-refractivity contribution < 1.29 is 18.0 Å². The first-order valence-corrected chi connectivity index (χ1v) is 8.72. The number of likely N-dealkylation sites (N-methyl/N-ethyl adjacent to an activating group) is 1. The van der Waals surface area contributed by atoms with Gasteiger partial charge in [-0.15, -0.1) is 0 Å². The first-order valence-electron chi connectivity index (χ1n) is 6.69. The molecule has 22 heavy (non-hydrogen) atoms. The van der Waals surface area contributed by atoms with Crippen molar-refractivity contribution in [2.24, 2.45) is 0 Å². The quantitative estimate of drug-likeness (QED) is 0.891. The van der Waals surface area contributed by atoms with Crippen molar-refractivity contribution in [3.8, 4) is 0 Å². The van der Waals surface area contributed by atoms with Crippen molar-refractivity contribution in [1.29, 1.82) is 0 Å². The maximum absolute atomic E-state index is 12.4. The Morgan fingerprint density at radius 3 is 2.64 bits per heavy atom. The van der Waals surface area contributed by atoms with E-state index in [2.05, 4.69) is 5.32 Å². The third kappa shape index (κ3) is 3.10. The molecule has 1 aromatic carbocycles. The standard InChI is InChI=1S/C14H17ClN2O4S/c1-8(16-9(2)18)14(19)17(3)12-7-22(20,21)13-5-4-10(15)6-11(12)13/h4-6,8,12H,7H2,1-3H3,(H,16,18). The van der Waals surface area contributed by atoms with E-state index in [1.54, 1.807) is 13.0 Å². The van der Waals surface area contributed by atoms with Gasteiger partial charge >= 0.3 is 0 Å². The maximum Gasteiger partial charge on any atom is 0.245 e. The van der Waals surface area contributed by atoms with E-state index in [1.165, 1.54) is 31.0 Å². The van der Waals surface area contributed by atoms with Crippen molar-refractivity contribution in [2.45, 2.75) is 30.8 Å². The van der Waals surface area contributed by atoms with Gasteiger partial charge in [0.15, 0.2) is 9.84 Å². The van der Waals surface area contributed by atoms with Gasteiger partial charge < -0.3 is 10.2 Å². The summed E-state index contributed by atoms with van der Waals surface area (Å²) < 4.78 is 24.4. The minimum Gasteiger partial charge on any atom is -0.345 e. The predicted molar refractivity (Wildman–Crippen MR) is 82.3 cm³/mol. The van der Waals surface area contributed by atoms with Gasteiger partial charge in [-0.1, -0.05) is 11.6 Å². The number of hydrogen-bond acceptors (Lipinski definition) is 4. The fraction of sp³-hybridized carbons (Fsp3) is 0.429. The van der Waals surface area contributed by atoms with Gasteiger partial charge in [0, 0.05) is 19.0 Å². The van der Waals surface area contributed by atoms with Crippen LogP contribution in [-0.4, -0.2) is 44.0 Å². The summed E-state index contributed by atoms with van der Waals surface area (Å²) in [6, 6.07) is 3.21. The molecule has 0 bridgehead atoms. The van der Waals surface area contributed by atoms with E-state index in [0.29, 0.717) is 10.6 Å². The largest absolute Gasteiger partial charge is 0.345 e. The van der Waals surface area contributed by atoms with Crippen LogP contribution in [0.1, 0.15) is 25.5 Å². The summed E-state index contributed by atoms with van der Waals surface area (Å²) in [5.74, 6) is -0.863.